The zero-order valence-electron chi connectivity index (χ0n) is 13.1. The summed E-state index contributed by atoms with van der Waals surface area (Å²) in [6.45, 7) is 7.02. The van der Waals surface area contributed by atoms with Crippen molar-refractivity contribution in [2.75, 3.05) is 0 Å². The number of rotatable bonds is 4. The molecule has 1 fully saturated rings. The minimum absolute atomic E-state index is 0.234. The van der Waals surface area contributed by atoms with Gasteiger partial charge in [0, 0.05) is 0 Å². The van der Waals surface area contributed by atoms with E-state index in [0.717, 1.165) is 0 Å². The molecule has 1 aromatic carbocycles. The first-order valence-electron chi connectivity index (χ1n) is 7.93. The monoisotopic (exact) mass is 288 g/mol. The van der Waals surface area contributed by atoms with Crippen LogP contribution in [0.5, 0.6) is 0 Å². The molecule has 1 atom stereocenters. The smallest absolute Gasteiger partial charge is 0.0758 e. The van der Waals surface area contributed by atoms with E-state index in [9.17, 15) is 5.11 Å². The highest BCUT2D eigenvalue weighted by Crippen LogP contribution is 2.33. The first-order chi connectivity index (χ1) is 9.48. The van der Waals surface area contributed by atoms with E-state index in [1.807, 2.05) is 6.07 Å². The van der Waals surface area contributed by atoms with Crippen LogP contribution in [0.25, 0.3) is 6.08 Å². The van der Waals surface area contributed by atoms with Gasteiger partial charge in [-0.15, -0.1) is 0 Å². The molecular formula is C18H28OSi. The van der Waals surface area contributed by atoms with Crippen molar-refractivity contribution in [1.29, 1.82) is 0 Å². The van der Waals surface area contributed by atoms with Crippen molar-refractivity contribution in [3.63, 3.8) is 0 Å². The van der Waals surface area contributed by atoms with Crippen LogP contribution in [0, 0.1) is 5.92 Å². The highest BCUT2D eigenvalue weighted by Gasteiger charge is 2.31. The second kappa shape index (κ2) is 6.73. The molecule has 110 valence electrons. The van der Waals surface area contributed by atoms with Crippen LogP contribution in [0.2, 0.25) is 19.6 Å². The van der Waals surface area contributed by atoms with Crippen molar-refractivity contribution in [2.45, 2.75) is 57.8 Å². The summed E-state index contributed by atoms with van der Waals surface area (Å²) in [5, 5.41) is 12.2. The molecule has 0 saturated heterocycles. The summed E-state index contributed by atoms with van der Waals surface area (Å²) >= 11 is 0. The highest BCUT2D eigenvalue weighted by atomic mass is 28.3. The van der Waals surface area contributed by atoms with Crippen LogP contribution in [-0.2, 0) is 0 Å². The average molecular weight is 289 g/mol. The Hall–Kier alpha value is -0.863. The molecule has 1 N–H and O–H groups in total. The number of aliphatic hydroxyl groups excluding tert-OH is 1. The van der Waals surface area contributed by atoms with Crippen molar-refractivity contribution >= 4 is 14.1 Å². The maximum atomic E-state index is 10.9. The summed E-state index contributed by atoms with van der Waals surface area (Å²) in [6, 6.07) is 10.5. The third kappa shape index (κ3) is 4.06. The van der Waals surface area contributed by atoms with Gasteiger partial charge in [0.05, 0.1) is 14.2 Å². The lowest BCUT2D eigenvalue weighted by Gasteiger charge is -2.33. The molecule has 0 radical (unpaired) electrons. The summed E-state index contributed by atoms with van der Waals surface area (Å²) in [5.74, 6) is 0.477. The molecule has 0 bridgehead atoms. The van der Waals surface area contributed by atoms with Gasteiger partial charge in [-0.25, -0.2) is 0 Å². The molecule has 1 unspecified atom stereocenters. The SMILES string of the molecule is C[Si](C)(C)/C(=C\c1ccccc1)C(O)C1CCCCC1. The molecule has 1 aromatic rings. The lowest BCUT2D eigenvalue weighted by atomic mass is 9.85. The molecule has 0 amide bonds. The zero-order valence-corrected chi connectivity index (χ0v) is 14.1. The van der Waals surface area contributed by atoms with Crippen molar-refractivity contribution in [2.24, 2.45) is 5.92 Å². The van der Waals surface area contributed by atoms with Crippen molar-refractivity contribution in [3.05, 3.63) is 41.1 Å². The fourth-order valence-electron chi connectivity index (χ4n) is 3.18. The largest absolute Gasteiger partial charge is 0.389 e. The molecule has 0 spiro atoms. The Bertz CT molecular complexity index is 438. The van der Waals surface area contributed by atoms with Gasteiger partial charge in [-0.3, -0.25) is 0 Å². The normalized spacial score (nSPS) is 19.9. The Labute approximate surface area is 124 Å². The lowest BCUT2D eigenvalue weighted by Crippen LogP contribution is -2.37. The quantitative estimate of drug-likeness (QED) is 0.782. The molecule has 1 aliphatic rings. The van der Waals surface area contributed by atoms with Gasteiger partial charge in [0.25, 0.3) is 0 Å². The standard InChI is InChI=1S/C18H28OSi/c1-20(2,3)17(14-15-10-6-4-7-11-15)18(19)16-12-8-5-9-13-16/h4,6-7,10-11,14,16,18-19H,5,8-9,12-13H2,1-3H3/b17-14-. The molecule has 2 rings (SSSR count). The van der Waals surface area contributed by atoms with Crippen LogP contribution in [0.1, 0.15) is 37.7 Å². The van der Waals surface area contributed by atoms with Crippen molar-refractivity contribution in [1.82, 2.24) is 0 Å². The molecule has 0 heterocycles. The van der Waals surface area contributed by atoms with Gasteiger partial charge in [0.2, 0.25) is 0 Å². The van der Waals surface area contributed by atoms with Crippen LogP contribution in [0.4, 0.5) is 0 Å². The van der Waals surface area contributed by atoms with Gasteiger partial charge in [-0.05, 0) is 24.3 Å². The number of hydrogen-bond acceptors (Lipinski definition) is 1. The molecule has 0 aromatic heterocycles. The molecule has 1 saturated carbocycles. The summed E-state index contributed by atoms with van der Waals surface area (Å²) in [4.78, 5) is 0. The predicted octanol–water partition coefficient (Wildman–Crippen LogP) is 4.89. The third-order valence-electron chi connectivity index (χ3n) is 4.40. The van der Waals surface area contributed by atoms with Gasteiger partial charge in [0.15, 0.2) is 0 Å². The van der Waals surface area contributed by atoms with E-state index in [-0.39, 0.29) is 6.10 Å². The van der Waals surface area contributed by atoms with Gasteiger partial charge < -0.3 is 5.11 Å². The van der Waals surface area contributed by atoms with Crippen LogP contribution in [-0.4, -0.2) is 19.3 Å². The van der Waals surface area contributed by atoms with Gasteiger partial charge in [-0.1, -0.05) is 80.5 Å². The minimum Gasteiger partial charge on any atom is -0.389 e. The fraction of sp³-hybridized carbons (Fsp3) is 0.556. The highest BCUT2D eigenvalue weighted by molar-refractivity contribution is 6.83. The molecule has 20 heavy (non-hydrogen) atoms. The van der Waals surface area contributed by atoms with Gasteiger partial charge in [-0.2, -0.15) is 0 Å². The van der Waals surface area contributed by atoms with Crippen molar-refractivity contribution < 1.29 is 5.11 Å². The van der Waals surface area contributed by atoms with E-state index >= 15 is 0 Å². The van der Waals surface area contributed by atoms with E-state index < -0.39 is 8.07 Å². The Morgan fingerprint density at radius 2 is 1.70 bits per heavy atom. The molecule has 2 heteroatoms. The number of aliphatic hydroxyl groups is 1. The Balaban J connectivity index is 2.25. The summed E-state index contributed by atoms with van der Waals surface area (Å²) in [7, 11) is -1.51. The molecule has 1 nitrogen and oxygen atoms in total. The fourth-order valence-corrected chi connectivity index (χ4v) is 4.90. The van der Waals surface area contributed by atoms with Crippen LogP contribution in [0.3, 0.4) is 0 Å². The van der Waals surface area contributed by atoms with E-state index in [2.05, 4.69) is 50.0 Å². The van der Waals surface area contributed by atoms with Crippen LogP contribution >= 0.6 is 0 Å². The predicted molar refractivity (Wildman–Crippen MR) is 90.3 cm³/mol. The van der Waals surface area contributed by atoms with Crippen molar-refractivity contribution in [3.8, 4) is 0 Å². The third-order valence-corrected chi connectivity index (χ3v) is 6.57. The molecule has 1 aliphatic carbocycles. The van der Waals surface area contributed by atoms with Gasteiger partial charge >= 0.3 is 0 Å². The van der Waals surface area contributed by atoms with Crippen LogP contribution < -0.4 is 0 Å². The molecular weight excluding hydrogens is 260 g/mol. The Kier molecular flexibility index (Phi) is 5.22. The Morgan fingerprint density at radius 1 is 1.10 bits per heavy atom. The number of benzene rings is 1. The maximum absolute atomic E-state index is 10.9. The summed E-state index contributed by atoms with van der Waals surface area (Å²) in [5.41, 5.74) is 1.22. The topological polar surface area (TPSA) is 20.2 Å². The second-order valence-electron chi connectivity index (χ2n) is 7.10. The van der Waals surface area contributed by atoms with Crippen LogP contribution in [0.15, 0.2) is 35.5 Å². The maximum Gasteiger partial charge on any atom is 0.0758 e. The Morgan fingerprint density at radius 3 is 2.25 bits per heavy atom. The first-order valence-corrected chi connectivity index (χ1v) is 11.4. The minimum atomic E-state index is -1.51. The zero-order chi connectivity index (χ0) is 14.6. The van der Waals surface area contributed by atoms with E-state index in [1.165, 1.54) is 42.9 Å². The van der Waals surface area contributed by atoms with Gasteiger partial charge in [0.1, 0.15) is 0 Å². The van der Waals surface area contributed by atoms with E-state index in [4.69, 9.17) is 0 Å². The van der Waals surface area contributed by atoms with E-state index in [0.29, 0.717) is 5.92 Å². The lowest BCUT2D eigenvalue weighted by molar-refractivity contribution is 0.121. The molecule has 0 aliphatic heterocycles. The van der Waals surface area contributed by atoms with E-state index in [1.54, 1.807) is 0 Å². The number of hydrogen-bond donors (Lipinski definition) is 1. The second-order valence-corrected chi connectivity index (χ2v) is 12.2. The summed E-state index contributed by atoms with van der Waals surface area (Å²) in [6.07, 6.45) is 8.31. The first kappa shape index (κ1) is 15.5. The summed E-state index contributed by atoms with van der Waals surface area (Å²) < 4.78 is 0. The average Bonchev–Trinajstić information content (AvgIpc) is 2.45.